The topological polar surface area (TPSA) is 72.5 Å². The van der Waals surface area contributed by atoms with Crippen LogP contribution in [-0.4, -0.2) is 52.9 Å². The van der Waals surface area contributed by atoms with Gasteiger partial charge in [-0.05, 0) is 54.1 Å². The molecule has 3 heterocycles. The summed E-state index contributed by atoms with van der Waals surface area (Å²) in [6.07, 6.45) is 3.40. The summed E-state index contributed by atoms with van der Waals surface area (Å²) >= 11 is 7.34. The number of rotatable bonds is 7. The summed E-state index contributed by atoms with van der Waals surface area (Å²) in [5, 5.41) is 0. The highest BCUT2D eigenvalue weighted by Gasteiger charge is 2.31. The number of aromatic nitrogens is 2. The van der Waals surface area contributed by atoms with Gasteiger partial charge in [0.1, 0.15) is 6.04 Å². The van der Waals surface area contributed by atoms with Crippen LogP contribution in [0.25, 0.3) is 0 Å². The lowest BCUT2D eigenvalue weighted by Gasteiger charge is -2.36. The van der Waals surface area contributed by atoms with Gasteiger partial charge in [-0.2, -0.15) is 0 Å². The van der Waals surface area contributed by atoms with E-state index in [1.807, 2.05) is 94.7 Å². The zero-order valence-electron chi connectivity index (χ0n) is 22.2. The van der Waals surface area contributed by atoms with E-state index in [-0.39, 0.29) is 11.8 Å². The monoisotopic (exact) mass is 581 g/mol. The number of anilines is 2. The highest BCUT2D eigenvalue weighted by molar-refractivity contribution is 7.17. The lowest BCUT2D eigenvalue weighted by molar-refractivity contribution is 0.0751. The number of nitrogens with zero attached hydrogens (tertiary/aromatic N) is 4. The van der Waals surface area contributed by atoms with Crippen LogP contribution in [0, 0.1) is 0 Å². The second kappa shape index (κ2) is 12.0. The van der Waals surface area contributed by atoms with E-state index in [0.717, 1.165) is 35.7 Å². The number of amides is 2. The van der Waals surface area contributed by atoms with Crippen molar-refractivity contribution in [2.24, 2.45) is 0 Å². The van der Waals surface area contributed by atoms with Gasteiger partial charge in [-0.25, -0.2) is 4.98 Å². The number of benzene rings is 3. The molecule has 2 aromatic heterocycles. The number of carbonyl (C=O) groups excluding carboxylic acids is 2. The molecular formula is C32H28ClN5O2S. The third-order valence-electron chi connectivity index (χ3n) is 7.27. The number of imidazole rings is 1. The Kier molecular flexibility index (Phi) is 7.84. The Morgan fingerprint density at radius 3 is 2.15 bits per heavy atom. The van der Waals surface area contributed by atoms with E-state index in [9.17, 15) is 9.59 Å². The predicted molar refractivity (Wildman–Crippen MR) is 164 cm³/mol. The number of halogens is 1. The minimum Gasteiger partial charge on any atom is -0.368 e. The average Bonchev–Trinajstić information content (AvgIpc) is 3.73. The minimum absolute atomic E-state index is 0.0257. The molecule has 9 heteroatoms. The van der Waals surface area contributed by atoms with E-state index in [4.69, 9.17) is 11.6 Å². The fraction of sp³-hybridized carbons (Fsp3) is 0.156. The fourth-order valence-electron chi connectivity index (χ4n) is 5.20. The summed E-state index contributed by atoms with van der Waals surface area (Å²) in [6.45, 7) is 2.70. The van der Waals surface area contributed by atoms with Gasteiger partial charge in [0.05, 0.1) is 27.4 Å². The molecule has 0 saturated carbocycles. The van der Waals surface area contributed by atoms with Crippen LogP contribution in [0.15, 0.2) is 110 Å². The molecule has 6 rings (SSSR count). The molecule has 0 aliphatic carbocycles. The minimum atomic E-state index is -0.405. The van der Waals surface area contributed by atoms with Crippen molar-refractivity contribution >= 4 is 46.1 Å². The van der Waals surface area contributed by atoms with Crippen molar-refractivity contribution in [2.45, 2.75) is 6.04 Å². The van der Waals surface area contributed by atoms with Crippen LogP contribution in [0.3, 0.4) is 0 Å². The van der Waals surface area contributed by atoms with Crippen LogP contribution in [0.5, 0.6) is 0 Å². The molecule has 41 heavy (non-hydrogen) atoms. The largest absolute Gasteiger partial charge is 0.368 e. The Morgan fingerprint density at radius 2 is 1.54 bits per heavy atom. The van der Waals surface area contributed by atoms with Gasteiger partial charge in [0.25, 0.3) is 11.8 Å². The summed E-state index contributed by atoms with van der Waals surface area (Å²) in [5.41, 5.74) is 4.21. The van der Waals surface area contributed by atoms with Crippen LogP contribution < -0.4 is 9.80 Å². The summed E-state index contributed by atoms with van der Waals surface area (Å²) in [4.78, 5) is 41.1. The summed E-state index contributed by atoms with van der Waals surface area (Å²) in [7, 11) is 0. The van der Waals surface area contributed by atoms with Gasteiger partial charge in [-0.15, -0.1) is 11.3 Å². The summed E-state index contributed by atoms with van der Waals surface area (Å²) in [5.74, 6) is -0.0830. The van der Waals surface area contributed by atoms with Crippen molar-refractivity contribution in [1.82, 2.24) is 14.9 Å². The highest BCUT2D eigenvalue weighted by atomic mass is 35.5. The Bertz CT molecular complexity index is 1600. The molecule has 5 aromatic rings. The smallest absolute Gasteiger partial charge is 0.264 e. The van der Waals surface area contributed by atoms with Gasteiger partial charge in [0.2, 0.25) is 0 Å². The normalized spacial score (nSPS) is 14.1. The molecule has 3 aromatic carbocycles. The lowest BCUT2D eigenvalue weighted by Crippen LogP contribution is -2.48. The Morgan fingerprint density at radius 1 is 0.854 bits per heavy atom. The second-order valence-electron chi connectivity index (χ2n) is 9.76. The first-order valence-electron chi connectivity index (χ1n) is 13.4. The SMILES string of the molecule is O=C(c1ccc(Cl)s1)N1CCN(c2ccc(N(C(=O)c3ccccc3)C(c3ccccc3)c3cnc[nH]3)cc2)CC1. The number of hydrogen-bond acceptors (Lipinski definition) is 5. The lowest BCUT2D eigenvalue weighted by atomic mass is 10.00. The first-order chi connectivity index (χ1) is 20.1. The second-order valence-corrected chi connectivity index (χ2v) is 11.5. The summed E-state index contributed by atoms with van der Waals surface area (Å²) < 4.78 is 0.619. The maximum atomic E-state index is 14.1. The molecule has 1 aliphatic rings. The Hall–Kier alpha value is -4.40. The Balaban J connectivity index is 1.27. The molecule has 0 radical (unpaired) electrons. The molecule has 1 N–H and O–H groups in total. The van der Waals surface area contributed by atoms with E-state index in [2.05, 4.69) is 14.9 Å². The molecule has 0 bridgehead atoms. The zero-order valence-corrected chi connectivity index (χ0v) is 23.8. The molecular weight excluding hydrogens is 554 g/mol. The van der Waals surface area contributed by atoms with Gasteiger partial charge < -0.3 is 14.8 Å². The van der Waals surface area contributed by atoms with Crippen LogP contribution in [0.2, 0.25) is 4.34 Å². The van der Waals surface area contributed by atoms with E-state index >= 15 is 0 Å². The Labute approximate surface area is 247 Å². The number of hydrogen-bond donors (Lipinski definition) is 1. The van der Waals surface area contributed by atoms with Crippen LogP contribution in [0.1, 0.15) is 37.3 Å². The molecule has 1 atom stereocenters. The first kappa shape index (κ1) is 26.8. The van der Waals surface area contributed by atoms with E-state index in [1.165, 1.54) is 11.3 Å². The number of H-pyrrole nitrogens is 1. The van der Waals surface area contributed by atoms with Crippen molar-refractivity contribution in [3.8, 4) is 0 Å². The van der Waals surface area contributed by atoms with Crippen LogP contribution in [-0.2, 0) is 0 Å². The first-order valence-corrected chi connectivity index (χ1v) is 14.6. The number of thiophene rings is 1. The molecule has 206 valence electrons. The predicted octanol–water partition coefficient (Wildman–Crippen LogP) is 6.52. The maximum Gasteiger partial charge on any atom is 0.264 e. The van der Waals surface area contributed by atoms with Gasteiger partial charge in [-0.3, -0.25) is 14.5 Å². The van der Waals surface area contributed by atoms with E-state index < -0.39 is 6.04 Å². The van der Waals surface area contributed by atoms with Crippen LogP contribution in [0.4, 0.5) is 11.4 Å². The third kappa shape index (κ3) is 5.75. The number of aromatic amines is 1. The quantitative estimate of drug-likeness (QED) is 0.237. The standard InChI is InChI=1S/C32H28ClN5O2S/c33-29-16-15-28(41-29)32(40)37-19-17-36(18-20-37)25-11-13-26(14-12-25)38(31(39)24-9-5-2-6-10-24)30(27-21-34-22-35-27)23-7-3-1-4-8-23/h1-16,21-22,30H,17-20H2,(H,34,35). The number of carbonyl (C=O) groups is 2. The highest BCUT2D eigenvalue weighted by Crippen LogP contribution is 2.35. The molecule has 0 spiro atoms. The van der Waals surface area contributed by atoms with Crippen molar-refractivity contribution in [2.75, 3.05) is 36.0 Å². The van der Waals surface area contributed by atoms with Gasteiger partial charge >= 0.3 is 0 Å². The van der Waals surface area contributed by atoms with E-state index in [1.54, 1.807) is 24.7 Å². The van der Waals surface area contributed by atoms with Crippen molar-refractivity contribution in [1.29, 1.82) is 0 Å². The maximum absolute atomic E-state index is 14.1. The molecule has 7 nitrogen and oxygen atoms in total. The molecule has 1 unspecified atom stereocenters. The van der Waals surface area contributed by atoms with Crippen LogP contribution >= 0.6 is 22.9 Å². The molecule has 2 amide bonds. The molecule has 1 fully saturated rings. The molecule has 1 saturated heterocycles. The van der Waals surface area contributed by atoms with E-state index in [0.29, 0.717) is 27.9 Å². The fourth-order valence-corrected chi connectivity index (χ4v) is 6.21. The van der Waals surface area contributed by atoms with Crippen molar-refractivity contribution in [3.63, 3.8) is 0 Å². The van der Waals surface area contributed by atoms with Gasteiger partial charge in [0.15, 0.2) is 0 Å². The number of nitrogens with one attached hydrogen (secondary N) is 1. The van der Waals surface area contributed by atoms with Crippen molar-refractivity contribution < 1.29 is 9.59 Å². The van der Waals surface area contributed by atoms with Crippen molar-refractivity contribution in [3.05, 3.63) is 136 Å². The number of piperazine rings is 1. The zero-order chi connectivity index (χ0) is 28.2. The van der Waals surface area contributed by atoms with Gasteiger partial charge in [-0.1, -0.05) is 60.1 Å². The van der Waals surface area contributed by atoms with Gasteiger partial charge in [0, 0.05) is 43.1 Å². The average molecular weight is 582 g/mol. The summed E-state index contributed by atoms with van der Waals surface area (Å²) in [6, 6.07) is 30.5. The molecule has 1 aliphatic heterocycles. The third-order valence-corrected chi connectivity index (χ3v) is 8.49.